The van der Waals surface area contributed by atoms with E-state index in [0.717, 1.165) is 45.3 Å². The number of carbonyl (C=O) groups is 1. The van der Waals surface area contributed by atoms with E-state index in [-0.39, 0.29) is 11.7 Å². The lowest BCUT2D eigenvalue weighted by Crippen LogP contribution is -2.44. The van der Waals surface area contributed by atoms with Crippen LogP contribution in [0.25, 0.3) is 0 Å². The molecule has 1 saturated carbocycles. The van der Waals surface area contributed by atoms with Crippen LogP contribution in [0, 0.1) is 0 Å². The van der Waals surface area contributed by atoms with Gasteiger partial charge in [-0.05, 0) is 25.7 Å². The van der Waals surface area contributed by atoms with Gasteiger partial charge in [-0.25, -0.2) is 0 Å². The summed E-state index contributed by atoms with van der Waals surface area (Å²) in [6.45, 7) is 3.74. The predicted octanol–water partition coefficient (Wildman–Crippen LogP) is 1.89. The molecule has 0 radical (unpaired) electrons. The van der Waals surface area contributed by atoms with Crippen molar-refractivity contribution in [1.29, 1.82) is 0 Å². The summed E-state index contributed by atoms with van der Waals surface area (Å²) in [5, 5.41) is 3.63. The van der Waals surface area contributed by atoms with Crippen molar-refractivity contribution in [3.05, 3.63) is 0 Å². The predicted molar refractivity (Wildman–Crippen MR) is 71.2 cm³/mol. The van der Waals surface area contributed by atoms with Crippen LogP contribution in [-0.4, -0.2) is 42.8 Å². The maximum absolute atomic E-state index is 12.6. The number of hydrogen-bond acceptors (Lipinski definition) is 3. The van der Waals surface area contributed by atoms with Crippen molar-refractivity contribution in [2.24, 2.45) is 0 Å². The van der Waals surface area contributed by atoms with Crippen molar-refractivity contribution in [1.82, 2.24) is 10.2 Å². The largest absolute Gasteiger partial charge is 0.385 e. The molecule has 18 heavy (non-hydrogen) atoms. The summed E-state index contributed by atoms with van der Waals surface area (Å²) in [5.41, 5.74) is -0.215. The fraction of sp³-hybridized carbons (Fsp3) is 0.929. The average molecular weight is 254 g/mol. The number of amides is 1. The summed E-state index contributed by atoms with van der Waals surface area (Å²) in [4.78, 5) is 14.7. The number of nitrogens with zero attached hydrogens (tertiary/aromatic N) is 1. The van der Waals surface area contributed by atoms with Gasteiger partial charge in [-0.1, -0.05) is 26.2 Å². The SMILES string of the molecule is CCCC1NC2(CCCC2)C(=O)N1CCCOC. The molecule has 4 nitrogen and oxygen atoms in total. The van der Waals surface area contributed by atoms with Gasteiger partial charge in [0.2, 0.25) is 5.91 Å². The highest BCUT2D eigenvalue weighted by atomic mass is 16.5. The van der Waals surface area contributed by atoms with E-state index in [1.54, 1.807) is 7.11 Å². The zero-order valence-electron chi connectivity index (χ0n) is 11.7. The molecule has 0 aromatic heterocycles. The molecular formula is C14H26N2O2. The monoisotopic (exact) mass is 254 g/mol. The Morgan fingerprint density at radius 3 is 2.78 bits per heavy atom. The molecule has 1 unspecified atom stereocenters. The van der Waals surface area contributed by atoms with Crippen molar-refractivity contribution in [2.45, 2.75) is 63.6 Å². The van der Waals surface area contributed by atoms with E-state index in [1.165, 1.54) is 12.8 Å². The van der Waals surface area contributed by atoms with Crippen molar-refractivity contribution >= 4 is 5.91 Å². The van der Waals surface area contributed by atoms with Crippen LogP contribution in [0.5, 0.6) is 0 Å². The smallest absolute Gasteiger partial charge is 0.244 e. The van der Waals surface area contributed by atoms with Crippen molar-refractivity contribution < 1.29 is 9.53 Å². The lowest BCUT2D eigenvalue weighted by atomic mass is 9.98. The normalized spacial score (nSPS) is 26.4. The first-order chi connectivity index (χ1) is 8.73. The van der Waals surface area contributed by atoms with Crippen LogP contribution in [-0.2, 0) is 9.53 Å². The molecule has 2 rings (SSSR count). The van der Waals surface area contributed by atoms with Crippen molar-refractivity contribution in [3.63, 3.8) is 0 Å². The number of carbonyl (C=O) groups excluding carboxylic acids is 1. The second-order valence-corrected chi connectivity index (χ2v) is 5.58. The number of ether oxygens (including phenoxy) is 1. The summed E-state index contributed by atoms with van der Waals surface area (Å²) in [7, 11) is 1.71. The summed E-state index contributed by atoms with van der Waals surface area (Å²) < 4.78 is 5.09. The van der Waals surface area contributed by atoms with E-state index in [2.05, 4.69) is 17.1 Å². The van der Waals surface area contributed by atoms with E-state index in [0.29, 0.717) is 5.91 Å². The fourth-order valence-corrected chi connectivity index (χ4v) is 3.35. The molecule has 0 bridgehead atoms. The van der Waals surface area contributed by atoms with Gasteiger partial charge < -0.3 is 9.64 Å². The first kappa shape index (κ1) is 13.8. The van der Waals surface area contributed by atoms with Gasteiger partial charge in [0.15, 0.2) is 0 Å². The van der Waals surface area contributed by atoms with E-state index < -0.39 is 0 Å². The molecule has 1 aliphatic carbocycles. The van der Waals surface area contributed by atoms with Crippen molar-refractivity contribution in [3.8, 4) is 0 Å². The van der Waals surface area contributed by atoms with E-state index in [1.807, 2.05) is 0 Å². The summed E-state index contributed by atoms with van der Waals surface area (Å²) in [6, 6.07) is 0. The lowest BCUT2D eigenvalue weighted by molar-refractivity contribution is -0.133. The maximum Gasteiger partial charge on any atom is 0.244 e. The lowest BCUT2D eigenvalue weighted by Gasteiger charge is -2.23. The van der Waals surface area contributed by atoms with Crippen LogP contribution < -0.4 is 5.32 Å². The third kappa shape index (κ3) is 2.54. The molecule has 1 atom stereocenters. The summed E-state index contributed by atoms with van der Waals surface area (Å²) >= 11 is 0. The topological polar surface area (TPSA) is 41.6 Å². The maximum atomic E-state index is 12.6. The van der Waals surface area contributed by atoms with Gasteiger partial charge in [0.25, 0.3) is 0 Å². The number of nitrogens with one attached hydrogen (secondary N) is 1. The van der Waals surface area contributed by atoms with Gasteiger partial charge >= 0.3 is 0 Å². The Bertz CT molecular complexity index is 288. The molecule has 1 amide bonds. The first-order valence-electron chi connectivity index (χ1n) is 7.31. The zero-order valence-corrected chi connectivity index (χ0v) is 11.7. The second-order valence-electron chi connectivity index (χ2n) is 5.58. The van der Waals surface area contributed by atoms with E-state index >= 15 is 0 Å². The third-order valence-corrected chi connectivity index (χ3v) is 4.26. The molecule has 2 fully saturated rings. The van der Waals surface area contributed by atoms with Gasteiger partial charge in [0.1, 0.15) is 0 Å². The molecule has 0 aromatic carbocycles. The molecule has 1 saturated heterocycles. The number of hydrogen-bond donors (Lipinski definition) is 1. The standard InChI is InChI=1S/C14H26N2O2/c1-3-7-12-15-14(8-4-5-9-14)13(17)16(12)10-6-11-18-2/h12,15H,3-11H2,1-2H3. The second kappa shape index (κ2) is 6.02. The van der Waals surface area contributed by atoms with Crippen LogP contribution in [0.4, 0.5) is 0 Å². The van der Waals surface area contributed by atoms with Crippen LogP contribution in [0.1, 0.15) is 51.9 Å². The van der Waals surface area contributed by atoms with Crippen LogP contribution in [0.3, 0.4) is 0 Å². The van der Waals surface area contributed by atoms with Gasteiger partial charge in [0, 0.05) is 20.3 Å². The Balaban J connectivity index is 2.01. The van der Waals surface area contributed by atoms with Gasteiger partial charge in [0.05, 0.1) is 11.7 Å². The quantitative estimate of drug-likeness (QED) is 0.736. The van der Waals surface area contributed by atoms with Crippen LogP contribution in [0.2, 0.25) is 0 Å². The van der Waals surface area contributed by atoms with Gasteiger partial charge in [-0.3, -0.25) is 10.1 Å². The molecule has 1 aliphatic heterocycles. The molecule has 1 N–H and O–H groups in total. The highest BCUT2D eigenvalue weighted by Gasteiger charge is 2.51. The minimum absolute atomic E-state index is 0.215. The average Bonchev–Trinajstić information content (AvgIpc) is 2.92. The molecule has 4 heteroatoms. The highest BCUT2D eigenvalue weighted by molar-refractivity contribution is 5.89. The van der Waals surface area contributed by atoms with E-state index in [4.69, 9.17) is 4.74 Å². The Hall–Kier alpha value is -0.610. The molecular weight excluding hydrogens is 228 g/mol. The first-order valence-corrected chi connectivity index (χ1v) is 7.31. The highest BCUT2D eigenvalue weighted by Crippen LogP contribution is 2.37. The Morgan fingerprint density at radius 2 is 2.17 bits per heavy atom. The molecule has 1 spiro atoms. The molecule has 0 aromatic rings. The third-order valence-electron chi connectivity index (χ3n) is 4.26. The molecule has 2 aliphatic rings. The van der Waals surface area contributed by atoms with Crippen LogP contribution >= 0.6 is 0 Å². The summed E-state index contributed by atoms with van der Waals surface area (Å²) in [5.74, 6) is 0.342. The van der Waals surface area contributed by atoms with E-state index in [9.17, 15) is 4.79 Å². The number of rotatable bonds is 6. The van der Waals surface area contributed by atoms with Crippen molar-refractivity contribution in [2.75, 3.05) is 20.3 Å². The van der Waals surface area contributed by atoms with Gasteiger partial charge in [-0.2, -0.15) is 0 Å². The fourth-order valence-electron chi connectivity index (χ4n) is 3.35. The van der Waals surface area contributed by atoms with Gasteiger partial charge in [-0.15, -0.1) is 0 Å². The summed E-state index contributed by atoms with van der Waals surface area (Å²) in [6.07, 6.45) is 7.76. The molecule has 104 valence electrons. The Kier molecular flexibility index (Phi) is 4.62. The minimum Gasteiger partial charge on any atom is -0.385 e. The zero-order chi connectivity index (χ0) is 13.0. The van der Waals surface area contributed by atoms with Crippen LogP contribution in [0.15, 0.2) is 0 Å². The Labute approximate surface area is 110 Å². The number of methoxy groups -OCH3 is 1. The Morgan fingerprint density at radius 1 is 1.44 bits per heavy atom. The molecule has 1 heterocycles. The minimum atomic E-state index is -0.215.